The summed E-state index contributed by atoms with van der Waals surface area (Å²) in [5.41, 5.74) is 0.382. The van der Waals surface area contributed by atoms with E-state index in [1.807, 2.05) is 0 Å². The number of esters is 1. The zero-order chi connectivity index (χ0) is 22.8. The van der Waals surface area contributed by atoms with Gasteiger partial charge in [0.2, 0.25) is 0 Å². The highest BCUT2D eigenvalue weighted by Crippen LogP contribution is 2.19. The third kappa shape index (κ3) is 7.84. The molecule has 1 N–H and O–H groups in total. The summed E-state index contributed by atoms with van der Waals surface area (Å²) in [4.78, 5) is 52.2. The number of hydrogen-bond donors (Lipinski definition) is 1. The number of ether oxygens (including phenoxy) is 2. The van der Waals surface area contributed by atoms with Crippen LogP contribution >= 0.6 is 0 Å². The molecule has 0 fully saturated rings. The van der Waals surface area contributed by atoms with Crippen LogP contribution in [0, 0.1) is 20.2 Å². The van der Waals surface area contributed by atoms with Crippen LogP contribution in [0.1, 0.15) is 15.9 Å². The van der Waals surface area contributed by atoms with E-state index in [-0.39, 0.29) is 23.5 Å². The Bertz CT molecular complexity index is 946. The maximum absolute atomic E-state index is 12.1. The van der Waals surface area contributed by atoms with Gasteiger partial charge in [-0.05, 0) is 29.8 Å². The molecule has 0 aliphatic carbocycles. The SMILES string of the molecule is O=C(Cc1ccc(OCC(CO[N+](=O)[O-])O[N+](=O)[O-])cc1)Oc1ccccc1C(=O)O. The topological polar surface area (TPSA) is 178 Å². The van der Waals surface area contributed by atoms with Gasteiger partial charge in [0.15, 0.2) is 6.10 Å². The highest BCUT2D eigenvalue weighted by Gasteiger charge is 2.17. The molecule has 0 aliphatic rings. The third-order valence-electron chi connectivity index (χ3n) is 3.65. The molecular formula is C18H16N2O11. The van der Waals surface area contributed by atoms with Crippen molar-refractivity contribution in [2.75, 3.05) is 13.2 Å². The second kappa shape index (κ2) is 10.9. The first-order valence-electron chi connectivity index (χ1n) is 8.58. The lowest BCUT2D eigenvalue weighted by molar-refractivity contribution is -0.790. The Labute approximate surface area is 173 Å². The highest BCUT2D eigenvalue weighted by atomic mass is 17.0. The smallest absolute Gasteiger partial charge is 0.339 e. The number of nitrogens with zero attached hydrogens (tertiary/aromatic N) is 2. The summed E-state index contributed by atoms with van der Waals surface area (Å²) in [5.74, 6) is -1.73. The molecule has 1 atom stereocenters. The number of carbonyl (C=O) groups is 2. The van der Waals surface area contributed by atoms with Crippen molar-refractivity contribution in [1.82, 2.24) is 0 Å². The molecular weight excluding hydrogens is 420 g/mol. The molecule has 0 aromatic heterocycles. The summed E-state index contributed by atoms with van der Waals surface area (Å²) in [6.07, 6.45) is -1.48. The first kappa shape index (κ1) is 22.9. The molecule has 13 nitrogen and oxygen atoms in total. The predicted molar refractivity (Wildman–Crippen MR) is 99.5 cm³/mol. The van der Waals surface area contributed by atoms with Gasteiger partial charge in [0.1, 0.15) is 30.3 Å². The van der Waals surface area contributed by atoms with Gasteiger partial charge >= 0.3 is 11.9 Å². The zero-order valence-corrected chi connectivity index (χ0v) is 15.7. The second-order valence-electron chi connectivity index (χ2n) is 5.88. The van der Waals surface area contributed by atoms with Gasteiger partial charge < -0.3 is 24.3 Å². The van der Waals surface area contributed by atoms with Crippen molar-refractivity contribution in [1.29, 1.82) is 0 Å². The van der Waals surface area contributed by atoms with E-state index < -0.39 is 41.4 Å². The van der Waals surface area contributed by atoms with Gasteiger partial charge in [-0.25, -0.2) is 4.79 Å². The van der Waals surface area contributed by atoms with E-state index in [1.165, 1.54) is 48.5 Å². The monoisotopic (exact) mass is 436 g/mol. The lowest BCUT2D eigenvalue weighted by Crippen LogP contribution is -2.30. The number of carboxylic acid groups (broad SMARTS) is 1. The predicted octanol–water partition coefficient (Wildman–Crippen LogP) is 1.70. The molecule has 0 amide bonds. The number of rotatable bonds is 12. The Morgan fingerprint density at radius 2 is 1.65 bits per heavy atom. The molecule has 2 rings (SSSR count). The standard InChI is InChI=1S/C18H16N2O11/c21-17(30-16-4-2-1-3-15(16)18(22)23)9-12-5-7-13(8-6-12)28-10-14(31-20(26)27)11-29-19(24)25/h1-8,14H,9-11H2,(H,22,23). The third-order valence-corrected chi connectivity index (χ3v) is 3.65. The van der Waals surface area contributed by atoms with Crippen molar-refractivity contribution in [3.63, 3.8) is 0 Å². The lowest BCUT2D eigenvalue weighted by atomic mass is 10.1. The normalized spacial score (nSPS) is 11.1. The van der Waals surface area contributed by atoms with Gasteiger partial charge in [0.05, 0.1) is 6.42 Å². The van der Waals surface area contributed by atoms with Crippen LogP contribution < -0.4 is 9.47 Å². The number of carbonyl (C=O) groups excluding carboxylic acids is 1. The van der Waals surface area contributed by atoms with Crippen LogP contribution in [0.3, 0.4) is 0 Å². The molecule has 1 unspecified atom stereocenters. The first-order valence-corrected chi connectivity index (χ1v) is 8.58. The Kier molecular flexibility index (Phi) is 8.07. The van der Waals surface area contributed by atoms with Crippen molar-refractivity contribution in [3.8, 4) is 11.5 Å². The van der Waals surface area contributed by atoms with E-state index >= 15 is 0 Å². The largest absolute Gasteiger partial charge is 0.491 e. The van der Waals surface area contributed by atoms with Crippen LogP contribution in [-0.2, 0) is 20.9 Å². The number of aromatic carboxylic acids is 1. The average molecular weight is 436 g/mol. The minimum atomic E-state index is -1.33. The molecule has 2 aromatic carbocycles. The quantitative estimate of drug-likeness (QED) is 0.221. The van der Waals surface area contributed by atoms with E-state index in [0.29, 0.717) is 5.56 Å². The van der Waals surface area contributed by atoms with Crippen LogP contribution in [0.4, 0.5) is 0 Å². The van der Waals surface area contributed by atoms with Crippen LogP contribution in [0.5, 0.6) is 11.5 Å². The number of para-hydroxylation sites is 1. The van der Waals surface area contributed by atoms with Gasteiger partial charge in [-0.15, -0.1) is 20.2 Å². The van der Waals surface area contributed by atoms with Crippen molar-refractivity contribution in [3.05, 3.63) is 79.9 Å². The molecule has 0 saturated carbocycles. The maximum atomic E-state index is 12.1. The summed E-state index contributed by atoms with van der Waals surface area (Å²) in [5, 5.41) is 27.5. The summed E-state index contributed by atoms with van der Waals surface area (Å²) in [6, 6.07) is 11.7. The first-order chi connectivity index (χ1) is 14.7. The van der Waals surface area contributed by atoms with Crippen molar-refractivity contribution in [2.24, 2.45) is 0 Å². The Morgan fingerprint density at radius 1 is 0.968 bits per heavy atom. The van der Waals surface area contributed by atoms with Crippen molar-refractivity contribution in [2.45, 2.75) is 12.5 Å². The Balaban J connectivity index is 1.91. The van der Waals surface area contributed by atoms with Crippen molar-refractivity contribution < 1.29 is 44.0 Å². The highest BCUT2D eigenvalue weighted by molar-refractivity contribution is 5.92. The van der Waals surface area contributed by atoms with E-state index in [4.69, 9.17) is 14.6 Å². The van der Waals surface area contributed by atoms with Gasteiger partial charge in [-0.2, -0.15) is 0 Å². The van der Waals surface area contributed by atoms with E-state index in [0.717, 1.165) is 0 Å². The molecule has 31 heavy (non-hydrogen) atoms. The summed E-state index contributed by atoms with van der Waals surface area (Å²) in [7, 11) is 0. The molecule has 0 heterocycles. The van der Waals surface area contributed by atoms with Crippen LogP contribution in [0.2, 0.25) is 0 Å². The van der Waals surface area contributed by atoms with E-state index in [1.54, 1.807) is 0 Å². The minimum Gasteiger partial charge on any atom is -0.491 e. The van der Waals surface area contributed by atoms with E-state index in [9.17, 15) is 29.8 Å². The molecule has 0 spiro atoms. The molecule has 2 aromatic rings. The van der Waals surface area contributed by atoms with Gasteiger partial charge in [-0.1, -0.05) is 24.3 Å². The molecule has 164 valence electrons. The Morgan fingerprint density at radius 3 is 2.26 bits per heavy atom. The lowest BCUT2D eigenvalue weighted by Gasteiger charge is -2.15. The molecule has 0 radical (unpaired) electrons. The van der Waals surface area contributed by atoms with Gasteiger partial charge in [-0.3, -0.25) is 4.79 Å². The second-order valence-corrected chi connectivity index (χ2v) is 5.88. The molecule has 0 aliphatic heterocycles. The fourth-order valence-corrected chi connectivity index (χ4v) is 2.33. The summed E-state index contributed by atoms with van der Waals surface area (Å²) < 4.78 is 10.4. The van der Waals surface area contributed by atoms with Gasteiger partial charge in [0, 0.05) is 0 Å². The number of carboxylic acids is 1. The minimum absolute atomic E-state index is 0.0753. The number of benzene rings is 2. The van der Waals surface area contributed by atoms with Crippen LogP contribution in [-0.4, -0.2) is 46.5 Å². The molecule has 13 heteroatoms. The maximum Gasteiger partial charge on any atom is 0.339 e. The van der Waals surface area contributed by atoms with Crippen LogP contribution in [0.15, 0.2) is 48.5 Å². The number of hydrogen-bond acceptors (Lipinski definition) is 10. The summed E-state index contributed by atoms with van der Waals surface area (Å²) in [6.45, 7) is -1.10. The van der Waals surface area contributed by atoms with E-state index in [2.05, 4.69) is 9.68 Å². The Hall–Kier alpha value is -4.42. The molecule has 0 saturated heterocycles. The average Bonchev–Trinajstić information content (AvgIpc) is 2.71. The molecule has 0 bridgehead atoms. The van der Waals surface area contributed by atoms with Crippen LogP contribution in [0.25, 0.3) is 0 Å². The fourth-order valence-electron chi connectivity index (χ4n) is 2.33. The summed E-state index contributed by atoms with van der Waals surface area (Å²) >= 11 is 0. The zero-order valence-electron chi connectivity index (χ0n) is 15.7. The van der Waals surface area contributed by atoms with Crippen molar-refractivity contribution >= 4 is 11.9 Å². The fraction of sp³-hybridized carbons (Fsp3) is 0.222. The van der Waals surface area contributed by atoms with Gasteiger partial charge in [0.25, 0.3) is 10.2 Å².